The van der Waals surface area contributed by atoms with Crippen LogP contribution >= 0.6 is 0 Å². The fourth-order valence-corrected chi connectivity index (χ4v) is 4.61. The minimum atomic E-state index is -3.62. The number of nitrogens with zero attached hydrogens (tertiary/aromatic N) is 2. The van der Waals surface area contributed by atoms with Crippen LogP contribution in [-0.2, 0) is 14.8 Å². The lowest BCUT2D eigenvalue weighted by molar-refractivity contribution is -0.134. The number of carbonyl (C=O) groups excluding carboxylic acids is 1. The minimum absolute atomic E-state index is 0.133. The van der Waals surface area contributed by atoms with E-state index in [2.05, 4.69) is 6.92 Å². The Morgan fingerprint density at radius 1 is 1.08 bits per heavy atom. The van der Waals surface area contributed by atoms with Gasteiger partial charge in [0.2, 0.25) is 15.9 Å². The van der Waals surface area contributed by atoms with E-state index < -0.39 is 10.0 Å². The van der Waals surface area contributed by atoms with Gasteiger partial charge in [0.1, 0.15) is 0 Å². The van der Waals surface area contributed by atoms with Crippen LogP contribution in [0.5, 0.6) is 11.5 Å². The van der Waals surface area contributed by atoms with E-state index >= 15 is 0 Å². The van der Waals surface area contributed by atoms with Crippen molar-refractivity contribution in [2.75, 3.05) is 40.4 Å². The van der Waals surface area contributed by atoms with Crippen molar-refractivity contribution in [3.05, 3.63) is 18.2 Å². The highest BCUT2D eigenvalue weighted by molar-refractivity contribution is 7.89. The fraction of sp³-hybridized carbons (Fsp3) is 0.588. The normalized spacial score (nSPS) is 24.0. The van der Waals surface area contributed by atoms with Crippen molar-refractivity contribution in [1.82, 2.24) is 9.21 Å². The van der Waals surface area contributed by atoms with Crippen molar-refractivity contribution in [1.29, 1.82) is 0 Å². The maximum atomic E-state index is 12.9. The summed E-state index contributed by atoms with van der Waals surface area (Å²) in [5, 5.41) is 0. The highest BCUT2D eigenvalue weighted by Gasteiger charge is 2.42. The number of hydrogen-bond donors (Lipinski definition) is 0. The molecule has 1 aromatic rings. The highest BCUT2D eigenvalue weighted by Crippen LogP contribution is 2.39. The first-order valence-electron chi connectivity index (χ1n) is 8.39. The van der Waals surface area contributed by atoms with E-state index in [9.17, 15) is 13.2 Å². The van der Waals surface area contributed by atoms with Crippen LogP contribution in [0.15, 0.2) is 23.1 Å². The third-order valence-corrected chi connectivity index (χ3v) is 6.86. The maximum Gasteiger partial charge on any atom is 0.243 e. The number of ether oxygens (including phenoxy) is 2. The molecular weight excluding hydrogens is 344 g/mol. The standard InChI is InChI=1S/C17H24N2O5S/c1-12-10-14(12)17(20)18-6-8-19(9-7-18)25(21,22)13-4-5-15(23-2)16(11-13)24-3/h4-5,11-12,14H,6-10H2,1-3H3/t12-,14-/m1/s1. The summed E-state index contributed by atoms with van der Waals surface area (Å²) in [5.74, 6) is 1.61. The Balaban J connectivity index is 1.70. The highest BCUT2D eigenvalue weighted by atomic mass is 32.2. The Labute approximate surface area is 148 Å². The number of piperazine rings is 1. The lowest BCUT2D eigenvalue weighted by Crippen LogP contribution is -2.51. The van der Waals surface area contributed by atoms with Gasteiger partial charge >= 0.3 is 0 Å². The van der Waals surface area contributed by atoms with Crippen LogP contribution < -0.4 is 9.47 Å². The third kappa shape index (κ3) is 3.46. The molecule has 1 amide bonds. The Morgan fingerprint density at radius 3 is 2.20 bits per heavy atom. The van der Waals surface area contributed by atoms with Crippen LogP contribution in [0.2, 0.25) is 0 Å². The van der Waals surface area contributed by atoms with Crippen molar-refractivity contribution in [2.24, 2.45) is 11.8 Å². The van der Waals surface area contributed by atoms with Crippen LogP contribution in [-0.4, -0.2) is 63.9 Å². The summed E-state index contributed by atoms with van der Waals surface area (Å²) < 4.78 is 37.5. The van der Waals surface area contributed by atoms with E-state index in [-0.39, 0.29) is 16.7 Å². The third-order valence-electron chi connectivity index (χ3n) is 4.97. The SMILES string of the molecule is COc1ccc(S(=O)(=O)N2CCN(C(=O)[C@@H]3C[C@H]3C)CC2)cc1OC. The van der Waals surface area contributed by atoms with Gasteiger partial charge in [0.05, 0.1) is 19.1 Å². The average Bonchev–Trinajstić information content (AvgIpc) is 3.37. The van der Waals surface area contributed by atoms with Crippen molar-refractivity contribution in [2.45, 2.75) is 18.2 Å². The molecule has 0 spiro atoms. The molecule has 1 saturated heterocycles. The number of carbonyl (C=O) groups is 1. The summed E-state index contributed by atoms with van der Waals surface area (Å²) in [4.78, 5) is 14.2. The quantitative estimate of drug-likeness (QED) is 0.780. The molecular formula is C17H24N2O5S. The summed E-state index contributed by atoms with van der Waals surface area (Å²) in [7, 11) is -0.652. The van der Waals surface area contributed by atoms with Crippen LogP contribution in [0, 0.1) is 11.8 Å². The van der Waals surface area contributed by atoms with E-state index in [1.807, 2.05) is 0 Å². The lowest BCUT2D eigenvalue weighted by Gasteiger charge is -2.34. The van der Waals surface area contributed by atoms with Gasteiger partial charge in [-0.15, -0.1) is 0 Å². The van der Waals surface area contributed by atoms with Gasteiger partial charge < -0.3 is 14.4 Å². The Bertz CT molecular complexity index is 756. The molecule has 2 aliphatic rings. The van der Waals surface area contributed by atoms with Gasteiger partial charge in [0.15, 0.2) is 11.5 Å². The summed E-state index contributed by atoms with van der Waals surface area (Å²) >= 11 is 0. The van der Waals surface area contributed by atoms with E-state index in [1.165, 1.54) is 30.7 Å². The van der Waals surface area contributed by atoms with Crippen LogP contribution in [0.25, 0.3) is 0 Å². The van der Waals surface area contributed by atoms with E-state index in [0.29, 0.717) is 43.6 Å². The smallest absolute Gasteiger partial charge is 0.243 e. The van der Waals surface area contributed by atoms with Gasteiger partial charge in [0.25, 0.3) is 0 Å². The summed E-state index contributed by atoms with van der Waals surface area (Å²) in [5.41, 5.74) is 0. The molecule has 0 unspecified atom stereocenters. The molecule has 1 aliphatic heterocycles. The molecule has 2 fully saturated rings. The fourth-order valence-electron chi connectivity index (χ4n) is 3.18. The van der Waals surface area contributed by atoms with Crippen LogP contribution in [0.1, 0.15) is 13.3 Å². The average molecular weight is 368 g/mol. The molecule has 138 valence electrons. The second-order valence-corrected chi connectivity index (χ2v) is 8.50. The van der Waals surface area contributed by atoms with Gasteiger partial charge in [-0.1, -0.05) is 6.92 Å². The molecule has 8 heteroatoms. The number of benzene rings is 1. The van der Waals surface area contributed by atoms with E-state index in [4.69, 9.17) is 9.47 Å². The summed E-state index contributed by atoms with van der Waals surface area (Å²) in [6.07, 6.45) is 0.947. The van der Waals surface area contributed by atoms with Crippen molar-refractivity contribution < 1.29 is 22.7 Å². The summed E-state index contributed by atoms with van der Waals surface area (Å²) in [6, 6.07) is 4.57. The van der Waals surface area contributed by atoms with E-state index in [0.717, 1.165) is 6.42 Å². The first-order chi connectivity index (χ1) is 11.9. The molecule has 0 N–H and O–H groups in total. The van der Waals surface area contributed by atoms with Gasteiger partial charge in [-0.05, 0) is 24.5 Å². The Kier molecular flexibility index (Phi) is 4.92. The Morgan fingerprint density at radius 2 is 1.68 bits per heavy atom. The molecule has 1 saturated carbocycles. The molecule has 25 heavy (non-hydrogen) atoms. The second-order valence-electron chi connectivity index (χ2n) is 6.57. The van der Waals surface area contributed by atoms with Gasteiger partial charge in [0, 0.05) is 38.2 Å². The molecule has 7 nitrogen and oxygen atoms in total. The zero-order chi connectivity index (χ0) is 18.2. The van der Waals surface area contributed by atoms with E-state index in [1.54, 1.807) is 11.0 Å². The Hall–Kier alpha value is -1.80. The molecule has 1 heterocycles. The zero-order valence-electron chi connectivity index (χ0n) is 14.8. The largest absolute Gasteiger partial charge is 0.493 e. The van der Waals surface area contributed by atoms with Crippen molar-refractivity contribution >= 4 is 15.9 Å². The molecule has 0 bridgehead atoms. The number of amides is 1. The lowest BCUT2D eigenvalue weighted by atomic mass is 10.2. The van der Waals surface area contributed by atoms with Crippen molar-refractivity contribution in [3.8, 4) is 11.5 Å². The van der Waals surface area contributed by atoms with Gasteiger partial charge in [-0.3, -0.25) is 4.79 Å². The number of methoxy groups -OCH3 is 2. The van der Waals surface area contributed by atoms with Crippen LogP contribution in [0.4, 0.5) is 0 Å². The number of sulfonamides is 1. The second kappa shape index (κ2) is 6.84. The monoisotopic (exact) mass is 368 g/mol. The maximum absolute atomic E-state index is 12.9. The minimum Gasteiger partial charge on any atom is -0.493 e. The topological polar surface area (TPSA) is 76.2 Å². The molecule has 3 rings (SSSR count). The molecule has 1 aliphatic carbocycles. The first kappa shape index (κ1) is 18.0. The molecule has 2 atom stereocenters. The number of rotatable bonds is 5. The molecule has 0 radical (unpaired) electrons. The molecule has 0 aromatic heterocycles. The molecule has 1 aromatic carbocycles. The van der Waals surface area contributed by atoms with Crippen LogP contribution in [0.3, 0.4) is 0 Å². The number of hydrogen-bond acceptors (Lipinski definition) is 5. The zero-order valence-corrected chi connectivity index (χ0v) is 15.6. The predicted octanol–water partition coefficient (Wildman–Crippen LogP) is 1.19. The first-order valence-corrected chi connectivity index (χ1v) is 9.83. The predicted molar refractivity (Wildman–Crippen MR) is 92.2 cm³/mol. The van der Waals surface area contributed by atoms with Crippen molar-refractivity contribution in [3.63, 3.8) is 0 Å². The van der Waals surface area contributed by atoms with Gasteiger partial charge in [-0.2, -0.15) is 4.31 Å². The van der Waals surface area contributed by atoms with Gasteiger partial charge in [-0.25, -0.2) is 8.42 Å². The summed E-state index contributed by atoms with van der Waals surface area (Å²) in [6.45, 7) is 3.57.